The Balaban J connectivity index is 1.96. The van der Waals surface area contributed by atoms with Crippen LogP contribution >= 0.6 is 11.6 Å². The van der Waals surface area contributed by atoms with E-state index in [-0.39, 0.29) is 11.8 Å². The number of benzene rings is 2. The fourth-order valence-electron chi connectivity index (χ4n) is 2.98. The highest BCUT2D eigenvalue weighted by Crippen LogP contribution is 2.15. The summed E-state index contributed by atoms with van der Waals surface area (Å²) in [6, 6.07) is 16.3. The largest absolute Gasteiger partial charge is 0.494 e. The Morgan fingerprint density at radius 3 is 2.43 bits per heavy atom. The number of rotatable bonds is 12. The third-order valence-corrected chi connectivity index (χ3v) is 5.06. The molecule has 162 valence electrons. The van der Waals surface area contributed by atoms with Gasteiger partial charge in [0.1, 0.15) is 11.8 Å². The smallest absolute Gasteiger partial charge is 0.242 e. The molecule has 30 heavy (non-hydrogen) atoms. The van der Waals surface area contributed by atoms with Crippen LogP contribution in [0.2, 0.25) is 5.02 Å². The number of unbranched alkanes of at least 4 members (excludes halogenated alkanes) is 1. The number of hydrogen-bond donors (Lipinski definition) is 1. The maximum absolute atomic E-state index is 13.0. The van der Waals surface area contributed by atoms with Crippen molar-refractivity contribution in [2.24, 2.45) is 0 Å². The molecule has 0 heterocycles. The Kier molecular flexibility index (Phi) is 10.2. The Labute approximate surface area is 184 Å². The van der Waals surface area contributed by atoms with E-state index in [1.807, 2.05) is 42.5 Å². The number of nitrogens with one attached hydrogen (secondary N) is 1. The lowest BCUT2D eigenvalue weighted by atomic mass is 10.1. The fraction of sp³-hybridized carbons (Fsp3) is 0.417. The molecule has 0 fully saturated rings. The lowest BCUT2D eigenvalue weighted by Gasteiger charge is -2.29. The van der Waals surface area contributed by atoms with Crippen LogP contribution in [0, 0.1) is 0 Å². The molecule has 1 unspecified atom stereocenters. The van der Waals surface area contributed by atoms with E-state index in [1.165, 1.54) is 0 Å². The zero-order chi connectivity index (χ0) is 21.8. The van der Waals surface area contributed by atoms with Gasteiger partial charge in [0, 0.05) is 24.5 Å². The summed E-state index contributed by atoms with van der Waals surface area (Å²) < 4.78 is 5.68. The Hall–Kier alpha value is -2.53. The van der Waals surface area contributed by atoms with Crippen LogP contribution < -0.4 is 10.1 Å². The molecule has 0 radical (unpaired) electrons. The lowest BCUT2D eigenvalue weighted by Crippen LogP contribution is -2.47. The predicted molar refractivity (Wildman–Crippen MR) is 121 cm³/mol. The maximum Gasteiger partial charge on any atom is 0.242 e. The average molecular weight is 431 g/mol. The average Bonchev–Trinajstić information content (AvgIpc) is 2.76. The first kappa shape index (κ1) is 23.7. The summed E-state index contributed by atoms with van der Waals surface area (Å²) in [6.45, 7) is 5.27. The van der Waals surface area contributed by atoms with Gasteiger partial charge in [-0.2, -0.15) is 0 Å². The van der Waals surface area contributed by atoms with Crippen LogP contribution in [0.25, 0.3) is 0 Å². The number of hydrogen-bond acceptors (Lipinski definition) is 3. The first-order valence-electron chi connectivity index (χ1n) is 10.5. The molecule has 2 aromatic carbocycles. The molecule has 6 heteroatoms. The molecular formula is C24H31ClN2O3. The maximum atomic E-state index is 13.0. The van der Waals surface area contributed by atoms with Crippen molar-refractivity contribution in [1.29, 1.82) is 0 Å². The summed E-state index contributed by atoms with van der Waals surface area (Å²) in [5.74, 6) is 0.581. The minimum absolute atomic E-state index is 0.0697. The SMILES string of the molecule is CCCCNC(=O)C(C)N(Cc1ccc(Cl)cc1)C(=O)CCCOc1ccccc1. The van der Waals surface area contributed by atoms with Gasteiger partial charge in [-0.25, -0.2) is 0 Å². The molecule has 0 saturated carbocycles. The minimum Gasteiger partial charge on any atom is -0.494 e. The van der Waals surface area contributed by atoms with Gasteiger partial charge in [0.2, 0.25) is 11.8 Å². The molecule has 0 aromatic heterocycles. The van der Waals surface area contributed by atoms with Crippen LogP contribution in [0.5, 0.6) is 5.75 Å². The summed E-state index contributed by atoms with van der Waals surface area (Å²) in [4.78, 5) is 27.2. The van der Waals surface area contributed by atoms with Crippen molar-refractivity contribution in [3.63, 3.8) is 0 Å². The summed E-state index contributed by atoms with van der Waals surface area (Å²) in [6.07, 6.45) is 2.81. The van der Waals surface area contributed by atoms with Gasteiger partial charge in [-0.1, -0.05) is 55.3 Å². The highest BCUT2D eigenvalue weighted by Gasteiger charge is 2.25. The van der Waals surface area contributed by atoms with Gasteiger partial charge < -0.3 is 15.0 Å². The summed E-state index contributed by atoms with van der Waals surface area (Å²) in [7, 11) is 0. The molecule has 2 amide bonds. The monoisotopic (exact) mass is 430 g/mol. The number of amides is 2. The number of ether oxygens (including phenoxy) is 1. The zero-order valence-corrected chi connectivity index (χ0v) is 18.5. The van der Waals surface area contributed by atoms with Gasteiger partial charge >= 0.3 is 0 Å². The standard InChI is InChI=1S/C24H31ClN2O3/c1-3-4-16-26-24(29)19(2)27(18-20-12-14-21(25)15-13-20)23(28)11-8-17-30-22-9-6-5-7-10-22/h5-7,9-10,12-15,19H,3-4,8,11,16-18H2,1-2H3,(H,26,29). The molecule has 1 N–H and O–H groups in total. The number of halogens is 1. The Morgan fingerprint density at radius 2 is 1.77 bits per heavy atom. The second kappa shape index (κ2) is 12.9. The van der Waals surface area contributed by atoms with Crippen LogP contribution in [0.15, 0.2) is 54.6 Å². The van der Waals surface area contributed by atoms with Crippen molar-refractivity contribution in [2.75, 3.05) is 13.2 Å². The molecule has 0 saturated heterocycles. The van der Waals surface area contributed by atoms with Crippen molar-refractivity contribution >= 4 is 23.4 Å². The van der Waals surface area contributed by atoms with Crippen molar-refractivity contribution < 1.29 is 14.3 Å². The van der Waals surface area contributed by atoms with Crippen molar-refractivity contribution in [1.82, 2.24) is 10.2 Å². The summed E-state index contributed by atoms with van der Waals surface area (Å²) in [5.41, 5.74) is 0.932. The second-order valence-electron chi connectivity index (χ2n) is 7.23. The van der Waals surface area contributed by atoms with E-state index >= 15 is 0 Å². The van der Waals surface area contributed by atoms with E-state index < -0.39 is 6.04 Å². The zero-order valence-electron chi connectivity index (χ0n) is 17.8. The van der Waals surface area contributed by atoms with Gasteiger partial charge in [-0.3, -0.25) is 9.59 Å². The highest BCUT2D eigenvalue weighted by molar-refractivity contribution is 6.30. The molecule has 0 aliphatic carbocycles. The molecule has 2 rings (SSSR count). The minimum atomic E-state index is -0.555. The molecule has 2 aromatic rings. The predicted octanol–water partition coefficient (Wildman–Crippen LogP) is 4.83. The molecule has 1 atom stereocenters. The number of carbonyl (C=O) groups excluding carboxylic acids is 2. The van der Waals surface area contributed by atoms with E-state index in [2.05, 4.69) is 12.2 Å². The van der Waals surface area contributed by atoms with Crippen LogP contribution in [-0.2, 0) is 16.1 Å². The van der Waals surface area contributed by atoms with E-state index in [9.17, 15) is 9.59 Å². The van der Waals surface area contributed by atoms with E-state index in [4.69, 9.17) is 16.3 Å². The van der Waals surface area contributed by atoms with Crippen LogP contribution in [0.3, 0.4) is 0 Å². The van der Waals surface area contributed by atoms with Gasteiger partial charge in [-0.05, 0) is 49.6 Å². The van der Waals surface area contributed by atoms with Crippen molar-refractivity contribution in [3.05, 3.63) is 65.2 Å². The normalized spacial score (nSPS) is 11.6. The molecule has 0 aliphatic rings. The first-order valence-corrected chi connectivity index (χ1v) is 10.9. The van der Waals surface area contributed by atoms with Gasteiger partial charge in [0.05, 0.1) is 6.61 Å². The summed E-state index contributed by atoms with van der Waals surface area (Å²) in [5, 5.41) is 3.56. The van der Waals surface area contributed by atoms with Crippen molar-refractivity contribution in [3.8, 4) is 5.75 Å². The van der Waals surface area contributed by atoms with Gasteiger partial charge in [0.25, 0.3) is 0 Å². The van der Waals surface area contributed by atoms with E-state index in [0.29, 0.717) is 37.6 Å². The topological polar surface area (TPSA) is 58.6 Å². The third-order valence-electron chi connectivity index (χ3n) is 4.81. The van der Waals surface area contributed by atoms with Gasteiger partial charge in [0.15, 0.2) is 0 Å². The number of para-hydroxylation sites is 1. The van der Waals surface area contributed by atoms with Crippen LogP contribution in [0.4, 0.5) is 0 Å². The first-order chi connectivity index (χ1) is 14.5. The van der Waals surface area contributed by atoms with E-state index in [0.717, 1.165) is 24.2 Å². The summed E-state index contributed by atoms with van der Waals surface area (Å²) >= 11 is 5.97. The molecule has 0 aliphatic heterocycles. The van der Waals surface area contributed by atoms with Crippen LogP contribution in [-0.4, -0.2) is 35.9 Å². The Morgan fingerprint density at radius 1 is 1.07 bits per heavy atom. The van der Waals surface area contributed by atoms with Gasteiger partial charge in [-0.15, -0.1) is 0 Å². The fourth-order valence-corrected chi connectivity index (χ4v) is 3.10. The molecular weight excluding hydrogens is 400 g/mol. The van der Waals surface area contributed by atoms with Crippen LogP contribution in [0.1, 0.15) is 45.1 Å². The number of nitrogens with zero attached hydrogens (tertiary/aromatic N) is 1. The van der Waals surface area contributed by atoms with E-state index in [1.54, 1.807) is 24.0 Å². The third kappa shape index (κ3) is 8.07. The molecule has 0 bridgehead atoms. The Bertz CT molecular complexity index is 781. The second-order valence-corrected chi connectivity index (χ2v) is 7.67. The molecule has 5 nitrogen and oxygen atoms in total. The van der Waals surface area contributed by atoms with Crippen molar-refractivity contribution in [2.45, 2.75) is 52.1 Å². The quantitative estimate of drug-likeness (QED) is 0.490. The highest BCUT2D eigenvalue weighted by atomic mass is 35.5. The number of carbonyl (C=O) groups is 2. The molecule has 0 spiro atoms. The lowest BCUT2D eigenvalue weighted by molar-refractivity contribution is -0.140.